The van der Waals surface area contributed by atoms with Crippen LogP contribution in [0.15, 0.2) is 36.5 Å². The van der Waals surface area contributed by atoms with E-state index in [1.165, 1.54) is 16.9 Å². The molecule has 0 fully saturated rings. The summed E-state index contributed by atoms with van der Waals surface area (Å²) in [6.07, 6.45) is 5.12. The lowest BCUT2D eigenvalue weighted by atomic mass is 9.94. The molecule has 0 bridgehead atoms. The second-order valence-electron chi connectivity index (χ2n) is 5.23. The molecule has 0 aliphatic heterocycles. The molecule has 0 spiro atoms. The van der Waals surface area contributed by atoms with Crippen LogP contribution in [-0.2, 0) is 6.42 Å². The highest BCUT2D eigenvalue weighted by Gasteiger charge is 2.23. The summed E-state index contributed by atoms with van der Waals surface area (Å²) < 4.78 is 7.23. The summed E-state index contributed by atoms with van der Waals surface area (Å²) >= 11 is 1.48. The Balaban J connectivity index is 1.65. The molecular formula is C16H15N3OS. The monoisotopic (exact) mass is 297 g/mol. The van der Waals surface area contributed by atoms with Gasteiger partial charge in [0, 0.05) is 6.20 Å². The first kappa shape index (κ1) is 12.6. The van der Waals surface area contributed by atoms with Crippen LogP contribution in [0, 0.1) is 0 Å². The standard InChI is InChI=1S/C16H15N3OS/c17-16-19-12-7-6-11(9-14(12)21-16)20-13-5-1-3-10-4-2-8-18-15(10)13/h2,4,6-9,13H,1,3,5H2,(H2,17,19). The van der Waals surface area contributed by atoms with E-state index in [1.807, 2.05) is 30.5 Å². The van der Waals surface area contributed by atoms with Crippen LogP contribution in [0.25, 0.3) is 10.2 Å². The second-order valence-corrected chi connectivity index (χ2v) is 6.29. The quantitative estimate of drug-likeness (QED) is 0.783. The van der Waals surface area contributed by atoms with Gasteiger partial charge in [0.05, 0.1) is 15.9 Å². The number of benzene rings is 1. The summed E-state index contributed by atoms with van der Waals surface area (Å²) in [4.78, 5) is 8.77. The molecule has 106 valence electrons. The minimum absolute atomic E-state index is 0.0395. The van der Waals surface area contributed by atoms with Gasteiger partial charge < -0.3 is 10.5 Å². The minimum Gasteiger partial charge on any atom is -0.484 e. The van der Waals surface area contributed by atoms with Crippen molar-refractivity contribution in [1.29, 1.82) is 0 Å². The van der Waals surface area contributed by atoms with Crippen LogP contribution in [0.3, 0.4) is 0 Å². The molecule has 1 aromatic carbocycles. The average molecular weight is 297 g/mol. The Morgan fingerprint density at radius 3 is 3.19 bits per heavy atom. The van der Waals surface area contributed by atoms with Gasteiger partial charge in [-0.15, -0.1) is 0 Å². The van der Waals surface area contributed by atoms with Gasteiger partial charge >= 0.3 is 0 Å². The molecule has 2 heterocycles. The van der Waals surface area contributed by atoms with Crippen molar-refractivity contribution in [3.8, 4) is 5.75 Å². The van der Waals surface area contributed by atoms with Crippen LogP contribution in [0.5, 0.6) is 5.75 Å². The molecule has 1 aliphatic carbocycles. The van der Waals surface area contributed by atoms with Gasteiger partial charge in [-0.2, -0.15) is 0 Å². The number of anilines is 1. The maximum Gasteiger partial charge on any atom is 0.181 e. The average Bonchev–Trinajstić information content (AvgIpc) is 2.87. The summed E-state index contributed by atoms with van der Waals surface area (Å²) in [5, 5.41) is 0.590. The van der Waals surface area contributed by atoms with E-state index in [0.29, 0.717) is 5.13 Å². The van der Waals surface area contributed by atoms with Crippen molar-refractivity contribution in [1.82, 2.24) is 9.97 Å². The van der Waals surface area contributed by atoms with E-state index in [-0.39, 0.29) is 6.10 Å². The molecule has 1 unspecified atom stereocenters. The molecule has 4 nitrogen and oxygen atoms in total. The fourth-order valence-electron chi connectivity index (χ4n) is 2.84. The maximum absolute atomic E-state index is 6.17. The lowest BCUT2D eigenvalue weighted by molar-refractivity contribution is 0.178. The summed E-state index contributed by atoms with van der Waals surface area (Å²) in [6, 6.07) is 10.1. The molecule has 0 amide bonds. The van der Waals surface area contributed by atoms with Crippen molar-refractivity contribution in [2.24, 2.45) is 0 Å². The summed E-state index contributed by atoms with van der Waals surface area (Å²) in [5.74, 6) is 0.856. The summed E-state index contributed by atoms with van der Waals surface area (Å²) in [5.41, 5.74) is 9.05. The fraction of sp³-hybridized carbons (Fsp3) is 0.250. The Kier molecular flexibility index (Phi) is 3.00. The second kappa shape index (κ2) is 5.00. The number of thiazole rings is 1. The Hall–Kier alpha value is -2.14. The molecule has 0 radical (unpaired) electrons. The minimum atomic E-state index is 0.0395. The number of hydrogen-bond acceptors (Lipinski definition) is 5. The van der Waals surface area contributed by atoms with Crippen molar-refractivity contribution in [3.05, 3.63) is 47.8 Å². The van der Waals surface area contributed by atoms with E-state index < -0.39 is 0 Å². The van der Waals surface area contributed by atoms with Crippen molar-refractivity contribution in [2.45, 2.75) is 25.4 Å². The van der Waals surface area contributed by atoms with Crippen molar-refractivity contribution >= 4 is 26.7 Å². The molecule has 0 saturated carbocycles. The zero-order valence-corrected chi connectivity index (χ0v) is 12.3. The van der Waals surface area contributed by atoms with Gasteiger partial charge in [-0.3, -0.25) is 4.98 Å². The van der Waals surface area contributed by atoms with Gasteiger partial charge in [-0.05, 0) is 49.1 Å². The van der Waals surface area contributed by atoms with Gasteiger partial charge in [-0.25, -0.2) is 4.98 Å². The zero-order chi connectivity index (χ0) is 14.2. The highest BCUT2D eigenvalue weighted by molar-refractivity contribution is 7.22. The van der Waals surface area contributed by atoms with Crippen LogP contribution in [0.1, 0.15) is 30.2 Å². The topological polar surface area (TPSA) is 61.0 Å². The molecule has 2 aromatic heterocycles. The van der Waals surface area contributed by atoms with Gasteiger partial charge in [0.2, 0.25) is 0 Å². The molecule has 3 aromatic rings. The number of nitrogen functional groups attached to an aromatic ring is 1. The van der Waals surface area contributed by atoms with E-state index >= 15 is 0 Å². The number of nitrogens with two attached hydrogens (primary N) is 1. The number of pyridine rings is 1. The van der Waals surface area contributed by atoms with Crippen LogP contribution in [0.2, 0.25) is 0 Å². The van der Waals surface area contributed by atoms with Crippen LogP contribution >= 0.6 is 11.3 Å². The number of ether oxygens (including phenoxy) is 1. The lowest BCUT2D eigenvalue weighted by Gasteiger charge is -2.25. The van der Waals surface area contributed by atoms with Crippen molar-refractivity contribution in [2.75, 3.05) is 5.73 Å². The third kappa shape index (κ3) is 2.34. The first-order valence-corrected chi connectivity index (χ1v) is 7.88. The number of fused-ring (bicyclic) bond motifs is 2. The molecule has 5 heteroatoms. The van der Waals surface area contributed by atoms with Crippen LogP contribution in [-0.4, -0.2) is 9.97 Å². The third-order valence-electron chi connectivity index (χ3n) is 3.80. The third-order valence-corrected chi connectivity index (χ3v) is 4.65. The molecule has 21 heavy (non-hydrogen) atoms. The van der Waals surface area contributed by atoms with E-state index in [9.17, 15) is 0 Å². The van der Waals surface area contributed by atoms with Gasteiger partial charge in [0.1, 0.15) is 11.9 Å². The first-order valence-electron chi connectivity index (χ1n) is 7.06. The van der Waals surface area contributed by atoms with Gasteiger partial charge in [-0.1, -0.05) is 17.4 Å². The molecular weight excluding hydrogens is 282 g/mol. The Morgan fingerprint density at radius 2 is 2.24 bits per heavy atom. The van der Waals surface area contributed by atoms with E-state index in [2.05, 4.69) is 16.0 Å². The highest BCUT2D eigenvalue weighted by atomic mass is 32.1. The Labute approximate surface area is 126 Å². The summed E-state index contributed by atoms with van der Waals surface area (Å²) in [6.45, 7) is 0. The van der Waals surface area contributed by atoms with Gasteiger partial charge in [0.25, 0.3) is 0 Å². The van der Waals surface area contributed by atoms with E-state index in [1.54, 1.807) is 0 Å². The first-order chi connectivity index (χ1) is 10.3. The fourth-order valence-corrected chi connectivity index (χ4v) is 3.60. The normalized spacial score (nSPS) is 17.6. The van der Waals surface area contributed by atoms with E-state index in [4.69, 9.17) is 10.5 Å². The Morgan fingerprint density at radius 1 is 1.29 bits per heavy atom. The molecule has 4 rings (SSSR count). The molecule has 1 atom stereocenters. The molecule has 0 saturated heterocycles. The van der Waals surface area contributed by atoms with Gasteiger partial charge in [0.15, 0.2) is 5.13 Å². The number of nitrogens with zero attached hydrogens (tertiary/aromatic N) is 2. The van der Waals surface area contributed by atoms with Crippen LogP contribution < -0.4 is 10.5 Å². The van der Waals surface area contributed by atoms with Crippen molar-refractivity contribution < 1.29 is 4.74 Å². The smallest absolute Gasteiger partial charge is 0.181 e. The number of rotatable bonds is 2. The largest absolute Gasteiger partial charge is 0.484 e. The van der Waals surface area contributed by atoms with Crippen LogP contribution in [0.4, 0.5) is 5.13 Å². The zero-order valence-electron chi connectivity index (χ0n) is 11.5. The molecule has 1 aliphatic rings. The number of aromatic nitrogens is 2. The Bertz CT molecular complexity index is 799. The van der Waals surface area contributed by atoms with E-state index in [0.717, 1.165) is 40.9 Å². The summed E-state index contributed by atoms with van der Waals surface area (Å²) in [7, 11) is 0. The van der Waals surface area contributed by atoms with Crippen molar-refractivity contribution in [3.63, 3.8) is 0 Å². The SMILES string of the molecule is Nc1nc2ccc(OC3CCCc4cccnc43)cc2s1. The predicted octanol–water partition coefficient (Wildman–Crippen LogP) is 3.73. The lowest BCUT2D eigenvalue weighted by Crippen LogP contribution is -2.16. The predicted molar refractivity (Wildman–Crippen MR) is 84.6 cm³/mol. The maximum atomic E-state index is 6.17. The molecule has 2 N–H and O–H groups in total. The number of hydrogen-bond donors (Lipinski definition) is 1. The number of aryl methyl sites for hydroxylation is 1. The highest BCUT2D eigenvalue weighted by Crippen LogP contribution is 2.34.